The summed E-state index contributed by atoms with van der Waals surface area (Å²) < 4.78 is 0. The fraction of sp³-hybridized carbons (Fsp3) is 0.778. The average molecular weight is 199 g/mol. The van der Waals surface area contributed by atoms with Crippen molar-refractivity contribution in [2.45, 2.75) is 25.3 Å². The van der Waals surface area contributed by atoms with E-state index < -0.39 is 5.54 Å². The van der Waals surface area contributed by atoms with Gasteiger partial charge in [-0.25, -0.2) is 0 Å². The van der Waals surface area contributed by atoms with E-state index in [0.29, 0.717) is 13.0 Å². The van der Waals surface area contributed by atoms with E-state index in [0.717, 1.165) is 6.42 Å². The molecule has 5 nitrogen and oxygen atoms in total. The molecule has 1 heterocycles. The number of hydrogen-bond donors (Lipinski definition) is 2. The van der Waals surface area contributed by atoms with Crippen LogP contribution in [-0.2, 0) is 9.59 Å². The first-order chi connectivity index (χ1) is 6.50. The minimum atomic E-state index is -0.590. The Morgan fingerprint density at radius 1 is 1.57 bits per heavy atom. The first kappa shape index (κ1) is 11.1. The van der Waals surface area contributed by atoms with Crippen molar-refractivity contribution < 1.29 is 9.59 Å². The summed E-state index contributed by atoms with van der Waals surface area (Å²) in [5.74, 6) is -0.451. The molecule has 1 fully saturated rings. The van der Waals surface area contributed by atoms with Crippen molar-refractivity contribution in [2.75, 3.05) is 20.1 Å². The van der Waals surface area contributed by atoms with Crippen LogP contribution in [-0.4, -0.2) is 42.4 Å². The van der Waals surface area contributed by atoms with Gasteiger partial charge < -0.3 is 5.73 Å². The van der Waals surface area contributed by atoms with Gasteiger partial charge in [-0.2, -0.15) is 0 Å². The van der Waals surface area contributed by atoms with Gasteiger partial charge in [0, 0.05) is 0 Å². The highest BCUT2D eigenvalue weighted by atomic mass is 16.2. The smallest absolute Gasteiger partial charge is 0.246 e. The summed E-state index contributed by atoms with van der Waals surface area (Å²) in [7, 11) is 1.78. The number of carbonyl (C=O) groups is 2. The molecule has 0 aromatic rings. The van der Waals surface area contributed by atoms with Crippen LogP contribution in [0.5, 0.6) is 0 Å². The Hall–Kier alpha value is -0.940. The topological polar surface area (TPSA) is 75.4 Å². The highest BCUT2D eigenvalue weighted by molar-refractivity contribution is 6.03. The molecule has 0 aromatic carbocycles. The summed E-state index contributed by atoms with van der Waals surface area (Å²) in [6.07, 6.45) is 1.46. The predicted octanol–water partition coefficient (Wildman–Crippen LogP) is -0.928. The number of nitrogens with zero attached hydrogens (tertiary/aromatic N) is 1. The van der Waals surface area contributed by atoms with E-state index in [9.17, 15) is 9.59 Å². The van der Waals surface area contributed by atoms with Crippen molar-refractivity contribution >= 4 is 11.8 Å². The second-order valence-corrected chi connectivity index (χ2v) is 3.90. The molecule has 2 amide bonds. The van der Waals surface area contributed by atoms with Crippen molar-refractivity contribution in [1.29, 1.82) is 0 Å². The van der Waals surface area contributed by atoms with Gasteiger partial charge in [-0.3, -0.25) is 19.8 Å². The Morgan fingerprint density at radius 2 is 2.21 bits per heavy atom. The number of piperazine rings is 1. The lowest BCUT2D eigenvalue weighted by Gasteiger charge is -2.40. The van der Waals surface area contributed by atoms with Crippen LogP contribution in [0, 0.1) is 0 Å². The Kier molecular flexibility index (Phi) is 3.23. The third kappa shape index (κ3) is 1.93. The van der Waals surface area contributed by atoms with Gasteiger partial charge in [0.05, 0.1) is 12.1 Å². The number of likely N-dealkylation sites (N-methyl/N-ethyl adjacent to an activating group) is 1. The third-order valence-corrected chi connectivity index (χ3v) is 2.83. The fourth-order valence-corrected chi connectivity index (χ4v) is 1.61. The lowest BCUT2D eigenvalue weighted by Crippen LogP contribution is -2.64. The molecule has 0 spiro atoms. The lowest BCUT2D eigenvalue weighted by molar-refractivity contribution is -0.145. The lowest BCUT2D eigenvalue weighted by atomic mass is 9.91. The van der Waals surface area contributed by atoms with E-state index in [1.807, 2.05) is 6.92 Å². The maximum absolute atomic E-state index is 11.6. The molecular weight excluding hydrogens is 182 g/mol. The van der Waals surface area contributed by atoms with Crippen molar-refractivity contribution in [2.24, 2.45) is 5.73 Å². The molecule has 3 N–H and O–H groups in total. The molecule has 5 heteroatoms. The van der Waals surface area contributed by atoms with Crippen LogP contribution in [0.15, 0.2) is 0 Å². The van der Waals surface area contributed by atoms with Crippen LogP contribution in [0.4, 0.5) is 0 Å². The summed E-state index contributed by atoms with van der Waals surface area (Å²) in [5.41, 5.74) is 4.82. The molecule has 0 saturated carbocycles. The minimum Gasteiger partial charge on any atom is -0.330 e. The van der Waals surface area contributed by atoms with Crippen LogP contribution in [0.3, 0.4) is 0 Å². The van der Waals surface area contributed by atoms with Crippen LogP contribution >= 0.6 is 0 Å². The number of rotatable bonds is 3. The molecule has 0 aromatic heterocycles. The van der Waals surface area contributed by atoms with Crippen molar-refractivity contribution in [1.82, 2.24) is 10.2 Å². The average Bonchev–Trinajstić information content (AvgIpc) is 2.11. The molecule has 1 rings (SSSR count). The molecule has 1 aliphatic rings. The van der Waals surface area contributed by atoms with Crippen molar-refractivity contribution in [3.05, 3.63) is 0 Å². The van der Waals surface area contributed by atoms with Gasteiger partial charge in [0.15, 0.2) is 0 Å². The molecule has 1 aliphatic heterocycles. The number of nitrogens with two attached hydrogens (primary N) is 1. The predicted molar refractivity (Wildman–Crippen MR) is 52.5 cm³/mol. The zero-order chi connectivity index (χ0) is 10.8. The molecule has 0 bridgehead atoms. The highest BCUT2D eigenvalue weighted by Crippen LogP contribution is 2.22. The fourth-order valence-electron chi connectivity index (χ4n) is 1.61. The van der Waals surface area contributed by atoms with Crippen LogP contribution in [0.2, 0.25) is 0 Å². The first-order valence-corrected chi connectivity index (χ1v) is 4.76. The Labute approximate surface area is 83.6 Å². The molecule has 0 radical (unpaired) electrons. The van der Waals surface area contributed by atoms with E-state index in [-0.39, 0.29) is 18.4 Å². The summed E-state index contributed by atoms with van der Waals surface area (Å²) in [6.45, 7) is 2.67. The second-order valence-electron chi connectivity index (χ2n) is 3.90. The van der Waals surface area contributed by atoms with Crippen LogP contribution < -0.4 is 11.1 Å². The van der Waals surface area contributed by atoms with Gasteiger partial charge in [-0.1, -0.05) is 0 Å². The normalized spacial score (nSPS) is 29.1. The van der Waals surface area contributed by atoms with Gasteiger partial charge >= 0.3 is 0 Å². The van der Waals surface area contributed by atoms with Crippen molar-refractivity contribution in [3.8, 4) is 0 Å². The Morgan fingerprint density at radius 3 is 2.71 bits per heavy atom. The number of hydrogen-bond acceptors (Lipinski definition) is 4. The molecule has 14 heavy (non-hydrogen) atoms. The molecule has 1 saturated heterocycles. The SMILES string of the molecule is CN1CC(=O)NC(=O)C1(C)CCCN. The first-order valence-electron chi connectivity index (χ1n) is 4.76. The van der Waals surface area contributed by atoms with E-state index in [4.69, 9.17) is 5.73 Å². The van der Waals surface area contributed by atoms with Gasteiger partial charge in [-0.05, 0) is 33.4 Å². The minimum absolute atomic E-state index is 0.218. The number of amides is 2. The Balaban J connectivity index is 2.73. The van der Waals surface area contributed by atoms with E-state index in [1.165, 1.54) is 0 Å². The summed E-state index contributed by atoms with van der Waals surface area (Å²) in [4.78, 5) is 24.5. The summed E-state index contributed by atoms with van der Waals surface area (Å²) >= 11 is 0. The van der Waals surface area contributed by atoms with Crippen molar-refractivity contribution in [3.63, 3.8) is 0 Å². The zero-order valence-corrected chi connectivity index (χ0v) is 8.67. The standard InChI is InChI=1S/C9H17N3O2/c1-9(4-3-5-10)8(14)11-7(13)6-12(9)2/h3-6,10H2,1-2H3,(H,11,13,14). The number of imide groups is 1. The largest absolute Gasteiger partial charge is 0.330 e. The summed E-state index contributed by atoms with van der Waals surface area (Å²) in [6, 6.07) is 0. The van der Waals surface area contributed by atoms with E-state index >= 15 is 0 Å². The molecule has 1 atom stereocenters. The highest BCUT2D eigenvalue weighted by Gasteiger charge is 2.41. The van der Waals surface area contributed by atoms with Gasteiger partial charge in [0.25, 0.3) is 0 Å². The quantitative estimate of drug-likeness (QED) is 0.576. The maximum atomic E-state index is 11.6. The van der Waals surface area contributed by atoms with E-state index in [1.54, 1.807) is 11.9 Å². The number of nitrogens with one attached hydrogen (secondary N) is 1. The zero-order valence-electron chi connectivity index (χ0n) is 8.67. The third-order valence-electron chi connectivity index (χ3n) is 2.83. The van der Waals surface area contributed by atoms with E-state index in [2.05, 4.69) is 5.32 Å². The molecule has 80 valence electrons. The monoisotopic (exact) mass is 199 g/mol. The van der Waals surface area contributed by atoms with Crippen LogP contribution in [0.25, 0.3) is 0 Å². The maximum Gasteiger partial charge on any atom is 0.246 e. The molecular formula is C9H17N3O2. The molecule has 0 aliphatic carbocycles. The summed E-state index contributed by atoms with van der Waals surface area (Å²) in [5, 5.41) is 2.35. The molecule has 1 unspecified atom stereocenters. The Bertz CT molecular complexity index is 254. The van der Waals surface area contributed by atoms with Crippen LogP contribution in [0.1, 0.15) is 19.8 Å². The van der Waals surface area contributed by atoms with Gasteiger partial charge in [-0.15, -0.1) is 0 Å². The second kappa shape index (κ2) is 4.06. The van der Waals surface area contributed by atoms with Gasteiger partial charge in [0.1, 0.15) is 0 Å². The number of carbonyl (C=O) groups excluding carboxylic acids is 2. The van der Waals surface area contributed by atoms with Gasteiger partial charge in [0.2, 0.25) is 11.8 Å².